The van der Waals surface area contributed by atoms with Crippen LogP contribution in [0.25, 0.3) is 5.70 Å². The third-order valence-corrected chi connectivity index (χ3v) is 12.0. The van der Waals surface area contributed by atoms with Crippen molar-refractivity contribution in [3.63, 3.8) is 0 Å². The predicted molar refractivity (Wildman–Crippen MR) is 106 cm³/mol. The van der Waals surface area contributed by atoms with Gasteiger partial charge in [0.05, 0.1) is 0 Å². The van der Waals surface area contributed by atoms with Gasteiger partial charge >= 0.3 is 158 Å². The van der Waals surface area contributed by atoms with Crippen LogP contribution in [0.2, 0.25) is 0 Å². The molecule has 1 aliphatic heterocycles. The number of benzene rings is 2. The molecule has 1 aliphatic rings. The summed E-state index contributed by atoms with van der Waals surface area (Å²) in [5.74, 6) is 0. The van der Waals surface area contributed by atoms with E-state index in [1.54, 1.807) is 0 Å². The van der Waals surface area contributed by atoms with Crippen LogP contribution in [-0.4, -0.2) is 13.8 Å². The molecule has 1 nitrogen and oxygen atoms in total. The predicted octanol–water partition coefficient (Wildman–Crippen LogP) is 6.37. The molecule has 0 aliphatic carbocycles. The minimum atomic E-state index is -2.20. The van der Waals surface area contributed by atoms with Gasteiger partial charge in [0, 0.05) is 0 Å². The summed E-state index contributed by atoms with van der Waals surface area (Å²) in [5.41, 5.74) is 3.30. The molecule has 0 aromatic heterocycles. The Kier molecular flexibility index (Phi) is 4.94. The first-order valence-corrected chi connectivity index (χ1v) is 17.5. The Bertz CT molecular complexity index is 733. The third kappa shape index (κ3) is 3.62. The van der Waals surface area contributed by atoms with Gasteiger partial charge in [-0.3, -0.25) is 0 Å². The molecule has 0 saturated heterocycles. The van der Waals surface area contributed by atoms with Gasteiger partial charge in [0.25, 0.3) is 0 Å². The molecule has 2 aromatic rings. The Morgan fingerprint density at radius 1 is 0.714 bits per heavy atom. The minimum absolute atomic E-state index is 1.02. The Hall–Kier alpha value is 0.289. The topological polar surface area (TPSA) is 12.4 Å². The van der Waals surface area contributed by atoms with Crippen LogP contribution in [0.1, 0.15) is 11.1 Å². The van der Waals surface area contributed by atoms with E-state index in [1.807, 2.05) is 24.3 Å². The number of halogens is 4. The SMILES string of the molecule is Brc1ccc(C2=C[Se](Br)(Br)C(c3ccc(Br)cc3)=N2)cc1. The quantitative estimate of drug-likeness (QED) is 0.355. The van der Waals surface area contributed by atoms with Crippen molar-refractivity contribution in [1.29, 1.82) is 0 Å². The molecule has 0 spiro atoms. The Morgan fingerprint density at radius 2 is 1.19 bits per heavy atom. The van der Waals surface area contributed by atoms with Crippen molar-refractivity contribution < 1.29 is 0 Å². The zero-order valence-corrected chi connectivity index (χ0v) is 18.6. The fourth-order valence-corrected chi connectivity index (χ4v) is 9.65. The summed E-state index contributed by atoms with van der Waals surface area (Å²) in [4.78, 5) is 7.10. The van der Waals surface area contributed by atoms with Crippen molar-refractivity contribution in [2.75, 3.05) is 0 Å². The standard InChI is InChI=1S/C15H9Br4NSe/c16-12-5-1-10(2-6-12)14-9-21(18,19)15(20-14)11-3-7-13(17)8-4-11/h1-9H. The van der Waals surface area contributed by atoms with Crippen molar-refractivity contribution in [2.24, 2.45) is 4.99 Å². The van der Waals surface area contributed by atoms with E-state index in [9.17, 15) is 0 Å². The molecule has 0 saturated carbocycles. The van der Waals surface area contributed by atoms with Gasteiger partial charge in [0.1, 0.15) is 0 Å². The average Bonchev–Trinajstić information content (AvgIpc) is 2.76. The third-order valence-electron chi connectivity index (χ3n) is 2.97. The molecule has 1 heterocycles. The van der Waals surface area contributed by atoms with Crippen molar-refractivity contribution in [3.8, 4) is 0 Å². The molecular formula is C15H9Br4NSe. The number of rotatable bonds is 2. The molecular weight excluding hydrogens is 593 g/mol. The van der Waals surface area contributed by atoms with E-state index in [0.717, 1.165) is 30.4 Å². The van der Waals surface area contributed by atoms with E-state index < -0.39 is 9.23 Å². The van der Waals surface area contributed by atoms with Crippen LogP contribution in [0.4, 0.5) is 0 Å². The van der Waals surface area contributed by atoms with Gasteiger partial charge in [0.2, 0.25) is 0 Å². The Labute approximate surface area is 156 Å². The van der Waals surface area contributed by atoms with Crippen LogP contribution < -0.4 is 0 Å². The molecule has 108 valence electrons. The van der Waals surface area contributed by atoms with Gasteiger partial charge in [-0.1, -0.05) is 0 Å². The fourth-order valence-electron chi connectivity index (χ4n) is 1.96. The first-order chi connectivity index (χ1) is 9.95. The van der Waals surface area contributed by atoms with Crippen LogP contribution in [0.3, 0.4) is 0 Å². The summed E-state index contributed by atoms with van der Waals surface area (Å²) in [6.07, 6.45) is 0. The molecule has 0 bridgehead atoms. The number of hydrogen-bond donors (Lipinski definition) is 0. The zero-order chi connectivity index (χ0) is 15.0. The van der Waals surface area contributed by atoms with E-state index in [0.29, 0.717) is 0 Å². The summed E-state index contributed by atoms with van der Waals surface area (Å²) in [6.45, 7) is 0. The molecule has 0 radical (unpaired) electrons. The van der Waals surface area contributed by atoms with Crippen molar-refractivity contribution >= 4 is 79.6 Å². The van der Waals surface area contributed by atoms with Gasteiger partial charge in [-0.25, -0.2) is 0 Å². The van der Waals surface area contributed by atoms with Crippen LogP contribution in [0, 0.1) is 0 Å². The second-order valence-corrected chi connectivity index (χ2v) is 24.8. The molecule has 0 amide bonds. The summed E-state index contributed by atoms with van der Waals surface area (Å²) in [7, 11) is -2.20. The molecule has 0 atom stereocenters. The van der Waals surface area contributed by atoms with Gasteiger partial charge in [-0.2, -0.15) is 0 Å². The van der Waals surface area contributed by atoms with Gasteiger partial charge in [-0.15, -0.1) is 0 Å². The van der Waals surface area contributed by atoms with E-state index >= 15 is 0 Å². The van der Waals surface area contributed by atoms with Crippen molar-refractivity contribution in [2.45, 2.75) is 0 Å². The molecule has 0 fully saturated rings. The van der Waals surface area contributed by atoms with Crippen LogP contribution in [-0.2, 0) is 0 Å². The monoisotopic (exact) mass is 599 g/mol. The van der Waals surface area contributed by atoms with E-state index in [2.05, 4.69) is 89.3 Å². The van der Waals surface area contributed by atoms with Crippen LogP contribution >= 0.6 is 60.1 Å². The number of hydrogen-bond acceptors (Lipinski definition) is 1. The van der Waals surface area contributed by atoms with Crippen LogP contribution in [0.15, 0.2) is 67.4 Å². The summed E-state index contributed by atoms with van der Waals surface area (Å²) in [6, 6.07) is 16.5. The second kappa shape index (κ2) is 6.42. The average molecular weight is 602 g/mol. The first-order valence-electron chi connectivity index (χ1n) is 6.01. The first kappa shape index (κ1) is 16.2. The number of nitrogens with zero attached hydrogens (tertiary/aromatic N) is 1. The second-order valence-electron chi connectivity index (χ2n) is 4.44. The fraction of sp³-hybridized carbons (Fsp3) is 0. The Balaban J connectivity index is 2.01. The molecule has 2 aromatic carbocycles. The maximum atomic E-state index is 4.86. The molecule has 0 unspecified atom stereocenters. The summed E-state index contributed by atoms with van der Waals surface area (Å²) >= 11 is 14.7. The van der Waals surface area contributed by atoms with E-state index in [1.165, 1.54) is 0 Å². The Morgan fingerprint density at radius 3 is 1.71 bits per heavy atom. The molecule has 0 N–H and O–H groups in total. The van der Waals surface area contributed by atoms with Crippen molar-refractivity contribution in [3.05, 3.63) is 73.6 Å². The van der Waals surface area contributed by atoms with Crippen LogP contribution in [0.5, 0.6) is 0 Å². The number of aliphatic imine (C=N–C) groups is 1. The van der Waals surface area contributed by atoms with Gasteiger partial charge in [-0.05, 0) is 0 Å². The van der Waals surface area contributed by atoms with Gasteiger partial charge < -0.3 is 0 Å². The van der Waals surface area contributed by atoms with E-state index in [-0.39, 0.29) is 0 Å². The summed E-state index contributed by atoms with van der Waals surface area (Å²) in [5, 5.41) is 0. The summed E-state index contributed by atoms with van der Waals surface area (Å²) < 4.78 is 3.26. The molecule has 6 heteroatoms. The normalized spacial score (nSPS) is 18.1. The maximum absolute atomic E-state index is 4.86. The molecule has 21 heavy (non-hydrogen) atoms. The molecule has 3 rings (SSSR count). The van der Waals surface area contributed by atoms with Crippen molar-refractivity contribution in [1.82, 2.24) is 0 Å². The van der Waals surface area contributed by atoms with E-state index in [4.69, 9.17) is 4.99 Å². The zero-order valence-electron chi connectivity index (χ0n) is 10.6. The van der Waals surface area contributed by atoms with Gasteiger partial charge in [0.15, 0.2) is 0 Å².